The quantitative estimate of drug-likeness (QED) is 0.742. The minimum absolute atomic E-state index is 0.276. The average Bonchev–Trinajstić information content (AvgIpc) is 2.25. The molecule has 0 spiro atoms. The summed E-state index contributed by atoms with van der Waals surface area (Å²) in [6, 6.07) is 0. The van der Waals surface area contributed by atoms with E-state index in [0.29, 0.717) is 13.2 Å². The van der Waals surface area contributed by atoms with Crippen molar-refractivity contribution in [1.29, 1.82) is 0 Å². The van der Waals surface area contributed by atoms with Crippen molar-refractivity contribution in [2.24, 2.45) is 0 Å². The second-order valence-electron chi connectivity index (χ2n) is 3.91. The highest BCUT2D eigenvalue weighted by atomic mass is 32.2. The van der Waals surface area contributed by atoms with E-state index in [9.17, 15) is 5.11 Å². The maximum absolute atomic E-state index is 9.57. The molecule has 1 aliphatic rings. The van der Waals surface area contributed by atoms with Gasteiger partial charge in [0.05, 0.1) is 12.7 Å². The Morgan fingerprint density at radius 3 is 2.71 bits per heavy atom. The van der Waals surface area contributed by atoms with Gasteiger partial charge in [-0.05, 0) is 19.8 Å². The standard InChI is InChI=1S/C11H22O2S/c1-2-13-8-10(12)9-14-11-6-4-3-5-7-11/h10-12H,2-9H2,1H3. The molecule has 0 aromatic rings. The molecule has 1 atom stereocenters. The number of aliphatic hydroxyl groups excluding tert-OH is 1. The maximum atomic E-state index is 9.57. The zero-order chi connectivity index (χ0) is 10.2. The van der Waals surface area contributed by atoms with Gasteiger partial charge in [-0.1, -0.05) is 19.3 Å². The van der Waals surface area contributed by atoms with Crippen molar-refractivity contribution >= 4 is 11.8 Å². The largest absolute Gasteiger partial charge is 0.390 e. The van der Waals surface area contributed by atoms with Crippen LogP contribution in [0.25, 0.3) is 0 Å². The molecular formula is C11H22O2S. The SMILES string of the molecule is CCOCC(O)CSC1CCCCC1. The highest BCUT2D eigenvalue weighted by molar-refractivity contribution is 7.99. The van der Waals surface area contributed by atoms with E-state index in [1.165, 1.54) is 32.1 Å². The summed E-state index contributed by atoms with van der Waals surface area (Å²) in [5.41, 5.74) is 0. The first-order valence-electron chi connectivity index (χ1n) is 5.70. The lowest BCUT2D eigenvalue weighted by molar-refractivity contribution is 0.0550. The number of hydrogen-bond donors (Lipinski definition) is 1. The van der Waals surface area contributed by atoms with Crippen molar-refractivity contribution in [3.63, 3.8) is 0 Å². The molecule has 14 heavy (non-hydrogen) atoms. The summed E-state index contributed by atoms with van der Waals surface area (Å²) < 4.78 is 5.17. The third kappa shape index (κ3) is 5.23. The Morgan fingerprint density at radius 2 is 2.07 bits per heavy atom. The van der Waals surface area contributed by atoms with E-state index in [-0.39, 0.29) is 6.10 Å². The van der Waals surface area contributed by atoms with Crippen LogP contribution in [-0.4, -0.2) is 35.4 Å². The van der Waals surface area contributed by atoms with Gasteiger partial charge in [0.15, 0.2) is 0 Å². The summed E-state index contributed by atoms with van der Waals surface area (Å²) in [5.74, 6) is 0.838. The minimum atomic E-state index is -0.276. The summed E-state index contributed by atoms with van der Waals surface area (Å²) in [7, 11) is 0. The van der Waals surface area contributed by atoms with Gasteiger partial charge in [0.25, 0.3) is 0 Å². The third-order valence-corrected chi connectivity index (χ3v) is 4.11. The van der Waals surface area contributed by atoms with Crippen LogP contribution in [0, 0.1) is 0 Å². The molecule has 0 amide bonds. The zero-order valence-electron chi connectivity index (χ0n) is 9.08. The molecule has 1 fully saturated rings. The molecule has 0 aromatic carbocycles. The Labute approximate surface area is 91.4 Å². The molecule has 2 nitrogen and oxygen atoms in total. The lowest BCUT2D eigenvalue weighted by Crippen LogP contribution is -2.20. The summed E-state index contributed by atoms with van der Waals surface area (Å²) in [4.78, 5) is 0. The second kappa shape index (κ2) is 7.55. The highest BCUT2D eigenvalue weighted by Crippen LogP contribution is 2.28. The van der Waals surface area contributed by atoms with E-state index in [1.807, 2.05) is 18.7 Å². The number of hydrogen-bond acceptors (Lipinski definition) is 3. The van der Waals surface area contributed by atoms with E-state index in [0.717, 1.165) is 11.0 Å². The molecular weight excluding hydrogens is 196 g/mol. The van der Waals surface area contributed by atoms with Crippen molar-refractivity contribution in [3.8, 4) is 0 Å². The Morgan fingerprint density at radius 1 is 1.36 bits per heavy atom. The summed E-state index contributed by atoms with van der Waals surface area (Å²) in [6.45, 7) is 3.16. The predicted molar refractivity (Wildman–Crippen MR) is 61.8 cm³/mol. The third-order valence-electron chi connectivity index (χ3n) is 2.59. The van der Waals surface area contributed by atoms with Gasteiger partial charge in [0.1, 0.15) is 0 Å². The van der Waals surface area contributed by atoms with Gasteiger partial charge in [-0.25, -0.2) is 0 Å². The van der Waals surface area contributed by atoms with Gasteiger partial charge in [0, 0.05) is 17.6 Å². The fourth-order valence-corrected chi connectivity index (χ4v) is 3.04. The summed E-state index contributed by atoms with van der Waals surface area (Å²) in [6.07, 6.45) is 6.55. The van der Waals surface area contributed by atoms with Gasteiger partial charge in [0.2, 0.25) is 0 Å². The fourth-order valence-electron chi connectivity index (χ4n) is 1.78. The maximum Gasteiger partial charge on any atom is 0.0863 e. The van der Waals surface area contributed by atoms with Gasteiger partial charge in [-0.2, -0.15) is 11.8 Å². The van der Waals surface area contributed by atoms with E-state index >= 15 is 0 Å². The number of thioether (sulfide) groups is 1. The normalized spacial score (nSPS) is 21.0. The van der Waals surface area contributed by atoms with Crippen LogP contribution in [0.15, 0.2) is 0 Å². The number of ether oxygens (including phenoxy) is 1. The lowest BCUT2D eigenvalue weighted by atomic mass is 10.0. The smallest absolute Gasteiger partial charge is 0.0863 e. The first kappa shape index (κ1) is 12.3. The molecule has 1 N–H and O–H groups in total. The Hall–Kier alpha value is 0.270. The minimum Gasteiger partial charge on any atom is -0.390 e. The van der Waals surface area contributed by atoms with Crippen LogP contribution in [0.4, 0.5) is 0 Å². The Kier molecular flexibility index (Phi) is 6.65. The molecule has 0 saturated heterocycles. The van der Waals surface area contributed by atoms with E-state index < -0.39 is 0 Å². The van der Waals surface area contributed by atoms with Crippen LogP contribution < -0.4 is 0 Å². The lowest BCUT2D eigenvalue weighted by Gasteiger charge is -2.22. The Bertz CT molecular complexity index is 135. The molecule has 0 bridgehead atoms. The van der Waals surface area contributed by atoms with Crippen molar-refractivity contribution in [3.05, 3.63) is 0 Å². The van der Waals surface area contributed by atoms with Crippen LogP contribution in [0.1, 0.15) is 39.0 Å². The van der Waals surface area contributed by atoms with Gasteiger partial charge in [-0.3, -0.25) is 0 Å². The van der Waals surface area contributed by atoms with Crippen LogP contribution in [0.3, 0.4) is 0 Å². The van der Waals surface area contributed by atoms with Crippen molar-refractivity contribution in [2.75, 3.05) is 19.0 Å². The Balaban J connectivity index is 2.00. The molecule has 1 saturated carbocycles. The molecule has 0 aliphatic heterocycles. The van der Waals surface area contributed by atoms with E-state index in [1.54, 1.807) is 0 Å². The average molecular weight is 218 g/mol. The second-order valence-corrected chi connectivity index (χ2v) is 5.24. The zero-order valence-corrected chi connectivity index (χ0v) is 9.89. The van der Waals surface area contributed by atoms with Gasteiger partial charge < -0.3 is 9.84 Å². The molecule has 0 heterocycles. The molecule has 1 aliphatic carbocycles. The van der Waals surface area contributed by atoms with E-state index in [4.69, 9.17) is 4.74 Å². The molecule has 0 radical (unpaired) electrons. The first-order valence-corrected chi connectivity index (χ1v) is 6.75. The molecule has 3 heteroatoms. The van der Waals surface area contributed by atoms with Crippen LogP contribution in [-0.2, 0) is 4.74 Å². The number of rotatable bonds is 6. The molecule has 0 aromatic heterocycles. The fraction of sp³-hybridized carbons (Fsp3) is 1.00. The van der Waals surface area contributed by atoms with Gasteiger partial charge >= 0.3 is 0 Å². The van der Waals surface area contributed by atoms with Crippen molar-refractivity contribution in [1.82, 2.24) is 0 Å². The van der Waals surface area contributed by atoms with Crippen LogP contribution >= 0.6 is 11.8 Å². The topological polar surface area (TPSA) is 29.5 Å². The monoisotopic (exact) mass is 218 g/mol. The van der Waals surface area contributed by atoms with Gasteiger partial charge in [-0.15, -0.1) is 0 Å². The number of aliphatic hydroxyl groups is 1. The summed E-state index contributed by atoms with van der Waals surface area (Å²) >= 11 is 1.93. The van der Waals surface area contributed by atoms with E-state index in [2.05, 4.69) is 0 Å². The molecule has 84 valence electrons. The highest BCUT2D eigenvalue weighted by Gasteiger charge is 2.15. The molecule has 1 unspecified atom stereocenters. The molecule has 1 rings (SSSR count). The van der Waals surface area contributed by atoms with Crippen LogP contribution in [0.2, 0.25) is 0 Å². The van der Waals surface area contributed by atoms with Crippen molar-refractivity contribution in [2.45, 2.75) is 50.4 Å². The van der Waals surface area contributed by atoms with Crippen molar-refractivity contribution < 1.29 is 9.84 Å². The first-order chi connectivity index (χ1) is 6.83. The van der Waals surface area contributed by atoms with Crippen LogP contribution in [0.5, 0.6) is 0 Å². The summed E-state index contributed by atoms with van der Waals surface area (Å²) in [5, 5.41) is 10.4. The predicted octanol–water partition coefficient (Wildman–Crippen LogP) is 2.45.